The number of hydrogen-bond acceptors (Lipinski definition) is 4. The molecule has 0 bridgehead atoms. The zero-order chi connectivity index (χ0) is 46.5. The molecule has 0 aliphatic carbocycles. The van der Waals surface area contributed by atoms with Gasteiger partial charge >= 0.3 is 379 Å². The maximum atomic E-state index is 7.98. The summed E-state index contributed by atoms with van der Waals surface area (Å²) >= 11 is 0. The Hall–Kier alpha value is -5.94. The zero-order valence-electron chi connectivity index (χ0n) is 35.0. The van der Waals surface area contributed by atoms with Gasteiger partial charge in [0.25, 0.3) is 0 Å². The van der Waals surface area contributed by atoms with E-state index in [9.17, 15) is 0 Å². The van der Waals surface area contributed by atoms with Gasteiger partial charge in [0, 0.05) is 0 Å². The second kappa shape index (κ2) is 16.5. The van der Waals surface area contributed by atoms with E-state index in [0.717, 1.165) is 11.1 Å². The summed E-state index contributed by atoms with van der Waals surface area (Å²) in [5.41, 5.74) is 4.44. The van der Waals surface area contributed by atoms with Gasteiger partial charge in [-0.15, -0.1) is 0 Å². The first-order valence-corrected chi connectivity index (χ1v) is 19.9. The molecule has 19 heteroatoms. The SMILES string of the molecule is [B]/C(C)=C([B])/C([B])=c1\c(=[B])c2c(-c3nc(-c4ccc(-c5ccccc5)cc4)nc(-c4cccc(C=N)c4)n3)c([B])c([B])c3c2c2c1c([B])c([B])c([B])c2n3-c1c([B])c([B])c([B])c([B])c1[B]. The van der Waals surface area contributed by atoms with Gasteiger partial charge in [-0.3, -0.25) is 0 Å². The second-order valence-electron chi connectivity index (χ2n) is 15.7. The van der Waals surface area contributed by atoms with Gasteiger partial charge in [0.05, 0.1) is 0 Å². The maximum absolute atomic E-state index is 7.98. The van der Waals surface area contributed by atoms with Crippen molar-refractivity contribution in [1.29, 1.82) is 5.41 Å². The molecule has 9 aromatic rings. The van der Waals surface area contributed by atoms with Gasteiger partial charge in [0.15, 0.2) is 0 Å². The van der Waals surface area contributed by atoms with Crippen LogP contribution in [0.2, 0.25) is 0 Å². The number of allylic oxidation sites excluding steroid dienone is 2. The van der Waals surface area contributed by atoms with Crippen LogP contribution in [0.4, 0.5) is 0 Å². The fourth-order valence-corrected chi connectivity index (χ4v) is 8.54. The second-order valence-corrected chi connectivity index (χ2v) is 15.7. The zero-order valence-corrected chi connectivity index (χ0v) is 35.0. The van der Waals surface area contributed by atoms with Crippen molar-refractivity contribution >= 4 is 208 Å². The van der Waals surface area contributed by atoms with Crippen molar-refractivity contribution in [2.75, 3.05) is 0 Å². The standard InChI is InChI=1S/C46H18B14N5/c1-16(47)28(48)31(51)26-22-24-25-23(29(26)49)27(32(52)37(57)41(25)65(42(24)38(58)33(53)30(22)50)43-39(59)35(55)34(54)36(56)40(43)60)46-63-44(62-45(64-46)21-9-5-6-17(14-21)15-61)20-12-10-19(11-13-20)18-7-3-2-4-8-18/h2-15,61H,1H3/b28-16-,31-26+,61-15?. The number of aromatic nitrogens is 4. The van der Waals surface area contributed by atoms with Gasteiger partial charge in [-0.25, -0.2) is 0 Å². The molecule has 0 fully saturated rings. The van der Waals surface area contributed by atoms with Crippen LogP contribution in [0.15, 0.2) is 89.8 Å². The van der Waals surface area contributed by atoms with Crippen molar-refractivity contribution in [3.8, 4) is 51.0 Å². The molecule has 27 radical (unpaired) electrons. The van der Waals surface area contributed by atoms with Gasteiger partial charge in [-0.1, -0.05) is 18.2 Å². The van der Waals surface area contributed by atoms with Crippen LogP contribution in [0, 0.1) is 10.5 Å². The van der Waals surface area contributed by atoms with Crippen LogP contribution in [0.5, 0.6) is 0 Å². The molecule has 0 spiro atoms. The summed E-state index contributed by atoms with van der Waals surface area (Å²) in [6, 6.07) is 24.9. The summed E-state index contributed by atoms with van der Waals surface area (Å²) in [5, 5.41) is 9.40. The molecule has 7 aromatic carbocycles. The van der Waals surface area contributed by atoms with E-state index in [4.69, 9.17) is 130 Å². The summed E-state index contributed by atoms with van der Waals surface area (Å²) in [5.74, 6) is 0.599. The number of nitrogens with zero attached hydrogens (tertiary/aromatic N) is 4. The van der Waals surface area contributed by atoms with Crippen molar-refractivity contribution in [3.05, 3.63) is 106 Å². The molecule has 0 aliphatic heterocycles. The van der Waals surface area contributed by atoms with Crippen molar-refractivity contribution in [1.82, 2.24) is 19.5 Å². The molecule has 0 aliphatic rings. The third-order valence-electron chi connectivity index (χ3n) is 11.9. The Morgan fingerprint density at radius 2 is 1.00 bits per heavy atom. The molecule has 0 saturated carbocycles. The van der Waals surface area contributed by atoms with E-state index < -0.39 is 0 Å². The van der Waals surface area contributed by atoms with Crippen molar-refractivity contribution < 1.29 is 0 Å². The Morgan fingerprint density at radius 1 is 0.508 bits per heavy atom. The van der Waals surface area contributed by atoms with Gasteiger partial charge < -0.3 is 0 Å². The molecule has 2 heterocycles. The van der Waals surface area contributed by atoms with E-state index in [-0.39, 0.29) is 132 Å². The average Bonchev–Trinajstić information content (AvgIpc) is 3.66. The summed E-state index contributed by atoms with van der Waals surface area (Å²) in [4.78, 5) is 15.1. The molecule has 0 saturated heterocycles. The van der Waals surface area contributed by atoms with Crippen LogP contribution in [0.25, 0.3) is 89.0 Å². The van der Waals surface area contributed by atoms with Crippen LogP contribution in [0.3, 0.4) is 0 Å². The first-order chi connectivity index (χ1) is 31.0. The minimum atomic E-state index is -0.0532. The first-order valence-electron chi connectivity index (χ1n) is 19.9. The Balaban J connectivity index is 1.52. The number of rotatable bonds is 7. The van der Waals surface area contributed by atoms with E-state index in [1.165, 1.54) is 6.21 Å². The molecule has 5 nitrogen and oxygen atoms in total. The normalized spacial score (nSPS) is 12.6. The topological polar surface area (TPSA) is 67.5 Å². The molecule has 0 atom stereocenters. The van der Waals surface area contributed by atoms with E-state index in [0.29, 0.717) is 27.5 Å². The Labute approximate surface area is 394 Å². The van der Waals surface area contributed by atoms with Crippen LogP contribution >= 0.6 is 0 Å². The number of hydrogen-bond donors (Lipinski definition) is 1. The molecule has 65 heavy (non-hydrogen) atoms. The van der Waals surface area contributed by atoms with E-state index >= 15 is 0 Å². The van der Waals surface area contributed by atoms with Crippen LogP contribution in [-0.4, -0.2) is 135 Å². The van der Waals surface area contributed by atoms with E-state index in [1.807, 2.05) is 60.7 Å². The Morgan fingerprint density at radius 3 is 1.60 bits per heavy atom. The quantitative estimate of drug-likeness (QED) is 0.103. The molecular weight excluding hydrogens is 774 g/mol. The molecule has 269 valence electrons. The molecular formula is C46H18B14N5. The summed E-state index contributed by atoms with van der Waals surface area (Å²) in [6.07, 6.45) is 1.22. The fourth-order valence-electron chi connectivity index (χ4n) is 8.54. The molecule has 9 rings (SSSR count). The van der Waals surface area contributed by atoms with Gasteiger partial charge in [-0.05, 0) is 0 Å². The number of nitrogens with one attached hydrogen (secondary N) is 1. The van der Waals surface area contributed by atoms with Crippen LogP contribution < -0.4 is 59.8 Å². The summed E-state index contributed by atoms with van der Waals surface area (Å²) in [6.45, 7) is 1.58. The molecule has 0 amide bonds. The molecule has 2 aromatic heterocycles. The van der Waals surface area contributed by atoms with Gasteiger partial charge in [0.2, 0.25) is 0 Å². The van der Waals surface area contributed by atoms with Gasteiger partial charge in [0.1, 0.15) is 0 Å². The van der Waals surface area contributed by atoms with Crippen LogP contribution in [-0.2, 0) is 0 Å². The fraction of sp³-hybridized carbons (Fsp3) is 0.0217. The third kappa shape index (κ3) is 6.78. The Bertz CT molecular complexity index is 3650. The molecule has 0 unspecified atom stereocenters. The monoisotopic (exact) mass is 794 g/mol. The average molecular weight is 792 g/mol. The van der Waals surface area contributed by atoms with Crippen molar-refractivity contribution in [3.63, 3.8) is 0 Å². The van der Waals surface area contributed by atoms with E-state index in [2.05, 4.69) is 0 Å². The predicted molar refractivity (Wildman–Crippen MR) is 284 cm³/mol. The first kappa shape index (κ1) is 44.3. The Kier molecular flexibility index (Phi) is 11.2. The molecule has 1 N–H and O–H groups in total. The van der Waals surface area contributed by atoms with Gasteiger partial charge in [-0.2, -0.15) is 0 Å². The van der Waals surface area contributed by atoms with Crippen molar-refractivity contribution in [2.45, 2.75) is 6.92 Å². The third-order valence-corrected chi connectivity index (χ3v) is 11.9. The summed E-state index contributed by atoms with van der Waals surface area (Å²) < 4.78 is 1.57. The number of benzene rings is 7. The van der Waals surface area contributed by atoms with E-state index in [1.54, 1.807) is 29.7 Å². The van der Waals surface area contributed by atoms with Crippen LogP contribution in [0.1, 0.15) is 12.5 Å². The predicted octanol–water partition coefficient (Wildman–Crippen LogP) is -3.57. The minimum absolute atomic E-state index is 0.00219. The summed E-state index contributed by atoms with van der Waals surface area (Å²) in [7, 11) is 94.9. The van der Waals surface area contributed by atoms with Crippen molar-refractivity contribution in [2.24, 2.45) is 0 Å².